The summed E-state index contributed by atoms with van der Waals surface area (Å²) in [6.07, 6.45) is 0.0376. The van der Waals surface area contributed by atoms with Gasteiger partial charge in [0.15, 0.2) is 5.78 Å². The molecule has 100 valence electrons. The lowest BCUT2D eigenvalue weighted by atomic mass is 10.0. The fourth-order valence-electron chi connectivity index (χ4n) is 1.35. The second kappa shape index (κ2) is 7.43. The standard InChI is InChI=1S/C13H25NO3/c1-8(2)11(6)17-7-12(16)14-13(9(3)4)10(5)15/h8-9,11,13H,7H2,1-6H3,(H,14,16). The van der Waals surface area contributed by atoms with Crippen molar-refractivity contribution in [3.8, 4) is 0 Å². The molecule has 17 heavy (non-hydrogen) atoms. The number of Topliss-reactive ketones (excluding diaryl/α,β-unsaturated/α-hetero) is 1. The van der Waals surface area contributed by atoms with Gasteiger partial charge in [0.05, 0.1) is 12.1 Å². The number of hydrogen-bond acceptors (Lipinski definition) is 3. The van der Waals surface area contributed by atoms with Gasteiger partial charge in [0.25, 0.3) is 0 Å². The summed E-state index contributed by atoms with van der Waals surface area (Å²) in [4.78, 5) is 22.9. The normalized spacial score (nSPS) is 14.8. The zero-order chi connectivity index (χ0) is 13.6. The van der Waals surface area contributed by atoms with E-state index in [0.29, 0.717) is 5.92 Å². The van der Waals surface area contributed by atoms with Crippen molar-refractivity contribution < 1.29 is 14.3 Å². The molecule has 0 aliphatic rings. The third kappa shape index (κ3) is 6.41. The Balaban J connectivity index is 4.12. The fourth-order valence-corrected chi connectivity index (χ4v) is 1.35. The van der Waals surface area contributed by atoms with E-state index in [2.05, 4.69) is 5.32 Å². The Morgan fingerprint density at radius 1 is 1.06 bits per heavy atom. The average molecular weight is 243 g/mol. The lowest BCUT2D eigenvalue weighted by Gasteiger charge is -2.21. The van der Waals surface area contributed by atoms with Crippen LogP contribution in [0.15, 0.2) is 0 Å². The SMILES string of the molecule is CC(=O)C(NC(=O)COC(C)C(C)C)C(C)C. The first-order valence-electron chi connectivity index (χ1n) is 6.17. The van der Waals surface area contributed by atoms with Gasteiger partial charge in [-0.2, -0.15) is 0 Å². The van der Waals surface area contributed by atoms with Gasteiger partial charge >= 0.3 is 0 Å². The first-order chi connectivity index (χ1) is 7.75. The van der Waals surface area contributed by atoms with Crippen LogP contribution in [0.2, 0.25) is 0 Å². The molecule has 4 nitrogen and oxygen atoms in total. The van der Waals surface area contributed by atoms with Crippen molar-refractivity contribution in [3.63, 3.8) is 0 Å². The predicted octanol–water partition coefficient (Wildman–Crippen LogP) is 1.78. The molecule has 0 radical (unpaired) electrons. The van der Waals surface area contributed by atoms with Crippen molar-refractivity contribution in [3.05, 3.63) is 0 Å². The van der Waals surface area contributed by atoms with Crippen molar-refractivity contribution in [1.82, 2.24) is 5.32 Å². The Kier molecular flexibility index (Phi) is 7.04. The molecule has 0 fully saturated rings. The van der Waals surface area contributed by atoms with E-state index in [1.807, 2.05) is 34.6 Å². The molecule has 1 amide bonds. The maximum atomic E-state index is 11.6. The molecule has 0 aliphatic carbocycles. The molecule has 2 atom stereocenters. The molecule has 0 spiro atoms. The summed E-state index contributed by atoms with van der Waals surface area (Å²) in [6.45, 7) is 11.3. The van der Waals surface area contributed by atoms with Gasteiger partial charge in [-0.05, 0) is 25.7 Å². The highest BCUT2D eigenvalue weighted by molar-refractivity contribution is 5.88. The molecule has 0 aliphatic heterocycles. The first-order valence-corrected chi connectivity index (χ1v) is 6.17. The molecular formula is C13H25NO3. The summed E-state index contributed by atoms with van der Waals surface area (Å²) >= 11 is 0. The average Bonchev–Trinajstić information content (AvgIpc) is 2.21. The van der Waals surface area contributed by atoms with E-state index in [9.17, 15) is 9.59 Å². The van der Waals surface area contributed by atoms with Gasteiger partial charge in [-0.3, -0.25) is 9.59 Å². The Morgan fingerprint density at radius 3 is 1.94 bits per heavy atom. The maximum Gasteiger partial charge on any atom is 0.246 e. The van der Waals surface area contributed by atoms with Crippen molar-refractivity contribution >= 4 is 11.7 Å². The Bertz CT molecular complexity index is 261. The number of amides is 1. The van der Waals surface area contributed by atoms with Crippen LogP contribution in [-0.4, -0.2) is 30.4 Å². The van der Waals surface area contributed by atoms with Crippen LogP contribution >= 0.6 is 0 Å². The molecule has 0 bridgehead atoms. The van der Waals surface area contributed by atoms with Crippen LogP contribution in [0.4, 0.5) is 0 Å². The van der Waals surface area contributed by atoms with Crippen LogP contribution in [0, 0.1) is 11.8 Å². The van der Waals surface area contributed by atoms with Crippen LogP contribution in [0.3, 0.4) is 0 Å². The van der Waals surface area contributed by atoms with E-state index in [4.69, 9.17) is 4.74 Å². The van der Waals surface area contributed by atoms with Crippen LogP contribution in [0.25, 0.3) is 0 Å². The summed E-state index contributed by atoms with van der Waals surface area (Å²) in [5.74, 6) is 0.215. The maximum absolute atomic E-state index is 11.6. The molecule has 2 unspecified atom stereocenters. The first kappa shape index (κ1) is 16.1. The molecule has 0 saturated carbocycles. The van der Waals surface area contributed by atoms with Crippen LogP contribution in [-0.2, 0) is 14.3 Å². The minimum atomic E-state index is -0.416. The number of carbonyl (C=O) groups excluding carboxylic acids is 2. The van der Waals surface area contributed by atoms with Crippen molar-refractivity contribution in [1.29, 1.82) is 0 Å². The second-order valence-electron chi connectivity index (χ2n) is 5.16. The highest BCUT2D eigenvalue weighted by Gasteiger charge is 2.21. The van der Waals surface area contributed by atoms with Gasteiger partial charge < -0.3 is 10.1 Å². The van der Waals surface area contributed by atoms with Gasteiger partial charge in [-0.1, -0.05) is 27.7 Å². The largest absolute Gasteiger partial charge is 0.368 e. The number of carbonyl (C=O) groups is 2. The van der Waals surface area contributed by atoms with Crippen molar-refractivity contribution in [2.45, 2.75) is 53.7 Å². The summed E-state index contributed by atoms with van der Waals surface area (Å²) in [7, 11) is 0. The monoisotopic (exact) mass is 243 g/mol. The predicted molar refractivity (Wildman–Crippen MR) is 67.7 cm³/mol. The summed E-state index contributed by atoms with van der Waals surface area (Å²) in [5.41, 5.74) is 0. The van der Waals surface area contributed by atoms with Crippen LogP contribution < -0.4 is 5.32 Å². The molecule has 1 N–H and O–H groups in total. The summed E-state index contributed by atoms with van der Waals surface area (Å²) in [5, 5.41) is 2.70. The highest BCUT2D eigenvalue weighted by atomic mass is 16.5. The van der Waals surface area contributed by atoms with Gasteiger partial charge in [-0.15, -0.1) is 0 Å². The Labute approximate surface area is 104 Å². The van der Waals surface area contributed by atoms with Crippen molar-refractivity contribution in [2.75, 3.05) is 6.61 Å². The minimum absolute atomic E-state index is 0.00977. The van der Waals surface area contributed by atoms with E-state index in [0.717, 1.165) is 0 Å². The zero-order valence-electron chi connectivity index (χ0n) is 11.7. The quantitative estimate of drug-likeness (QED) is 0.741. The number of rotatable bonds is 7. The fraction of sp³-hybridized carbons (Fsp3) is 0.846. The molecule has 0 saturated heterocycles. The number of ether oxygens (including phenoxy) is 1. The summed E-state index contributed by atoms with van der Waals surface area (Å²) < 4.78 is 5.40. The van der Waals surface area contributed by atoms with E-state index in [1.54, 1.807) is 0 Å². The number of nitrogens with one attached hydrogen (secondary N) is 1. The van der Waals surface area contributed by atoms with E-state index in [-0.39, 0.29) is 30.3 Å². The molecule has 0 rings (SSSR count). The second-order valence-corrected chi connectivity index (χ2v) is 5.16. The molecule has 0 heterocycles. The molecular weight excluding hydrogens is 218 g/mol. The van der Waals surface area contributed by atoms with Crippen LogP contribution in [0.1, 0.15) is 41.5 Å². The highest BCUT2D eigenvalue weighted by Crippen LogP contribution is 2.05. The van der Waals surface area contributed by atoms with Gasteiger partial charge in [-0.25, -0.2) is 0 Å². The topological polar surface area (TPSA) is 55.4 Å². The lowest BCUT2D eigenvalue weighted by Crippen LogP contribution is -2.45. The third-order valence-electron chi connectivity index (χ3n) is 2.84. The smallest absolute Gasteiger partial charge is 0.246 e. The molecule has 4 heteroatoms. The van der Waals surface area contributed by atoms with Crippen molar-refractivity contribution in [2.24, 2.45) is 11.8 Å². The number of ketones is 1. The van der Waals surface area contributed by atoms with E-state index in [1.165, 1.54) is 6.92 Å². The van der Waals surface area contributed by atoms with Gasteiger partial charge in [0.1, 0.15) is 6.61 Å². The third-order valence-corrected chi connectivity index (χ3v) is 2.84. The van der Waals surface area contributed by atoms with Crippen LogP contribution in [0.5, 0.6) is 0 Å². The lowest BCUT2D eigenvalue weighted by molar-refractivity contribution is -0.132. The number of hydrogen-bond donors (Lipinski definition) is 1. The Morgan fingerprint density at radius 2 is 1.59 bits per heavy atom. The summed E-state index contributed by atoms with van der Waals surface area (Å²) in [6, 6.07) is -0.416. The molecule has 0 aromatic rings. The van der Waals surface area contributed by atoms with Gasteiger partial charge in [0, 0.05) is 0 Å². The van der Waals surface area contributed by atoms with E-state index >= 15 is 0 Å². The minimum Gasteiger partial charge on any atom is -0.368 e. The van der Waals surface area contributed by atoms with Gasteiger partial charge in [0.2, 0.25) is 5.91 Å². The Hall–Kier alpha value is -0.900. The molecule has 0 aromatic heterocycles. The molecule has 0 aromatic carbocycles. The zero-order valence-corrected chi connectivity index (χ0v) is 11.7. The van der Waals surface area contributed by atoms with E-state index < -0.39 is 6.04 Å².